The third-order valence-electron chi connectivity index (χ3n) is 3.01. The molecule has 0 spiro atoms. The highest BCUT2D eigenvalue weighted by molar-refractivity contribution is 5.79. The molecule has 2 N–H and O–H groups in total. The lowest BCUT2D eigenvalue weighted by Gasteiger charge is -2.09. The highest BCUT2D eigenvalue weighted by Crippen LogP contribution is 2.30. The quantitative estimate of drug-likeness (QED) is 0.736. The van der Waals surface area contributed by atoms with Crippen molar-refractivity contribution >= 4 is 16.6 Å². The number of fused-ring (bicyclic) bond motifs is 1. The maximum atomic E-state index is 5.79. The first-order valence-corrected chi connectivity index (χ1v) is 6.22. The van der Waals surface area contributed by atoms with Crippen molar-refractivity contribution in [3.63, 3.8) is 0 Å². The van der Waals surface area contributed by atoms with E-state index in [4.69, 9.17) is 15.2 Å². The smallest absolute Gasteiger partial charge is 0.146 e. The summed E-state index contributed by atoms with van der Waals surface area (Å²) < 4.78 is 11.0. The van der Waals surface area contributed by atoms with Gasteiger partial charge in [-0.15, -0.1) is 0 Å². The van der Waals surface area contributed by atoms with Crippen LogP contribution in [0.3, 0.4) is 0 Å². The molecule has 0 amide bonds. The van der Waals surface area contributed by atoms with Gasteiger partial charge in [0.1, 0.15) is 17.2 Å². The fourth-order valence-corrected chi connectivity index (χ4v) is 2.00. The average Bonchev–Trinajstić information content (AvgIpc) is 2.49. The molecule has 0 saturated heterocycles. The highest BCUT2D eigenvalue weighted by atomic mass is 16.5. The molecular formula is C16H14N2O2. The number of methoxy groups -OCH3 is 1. The third kappa shape index (κ3) is 2.36. The maximum Gasteiger partial charge on any atom is 0.146 e. The zero-order chi connectivity index (χ0) is 13.9. The van der Waals surface area contributed by atoms with E-state index in [1.807, 2.05) is 30.3 Å². The third-order valence-corrected chi connectivity index (χ3v) is 3.01. The van der Waals surface area contributed by atoms with Gasteiger partial charge in [0.15, 0.2) is 0 Å². The first kappa shape index (κ1) is 12.3. The Bertz CT molecular complexity index is 756. The number of hydrogen-bond acceptors (Lipinski definition) is 4. The summed E-state index contributed by atoms with van der Waals surface area (Å²) in [6.07, 6.45) is 1.70. The van der Waals surface area contributed by atoms with Crippen molar-refractivity contribution in [3.05, 3.63) is 54.7 Å². The van der Waals surface area contributed by atoms with Crippen LogP contribution in [0.25, 0.3) is 10.9 Å². The van der Waals surface area contributed by atoms with Gasteiger partial charge in [-0.25, -0.2) is 0 Å². The summed E-state index contributed by atoms with van der Waals surface area (Å²) in [5, 5.41) is 1.03. The Balaban J connectivity index is 1.92. The van der Waals surface area contributed by atoms with Crippen molar-refractivity contribution < 1.29 is 9.47 Å². The molecule has 0 atom stereocenters. The monoisotopic (exact) mass is 266 g/mol. The van der Waals surface area contributed by atoms with Gasteiger partial charge in [-0.3, -0.25) is 4.98 Å². The Labute approximate surface area is 116 Å². The molecule has 0 fully saturated rings. The number of aromatic nitrogens is 1. The number of nitrogens with zero attached hydrogens (tertiary/aromatic N) is 1. The molecular weight excluding hydrogens is 252 g/mol. The Morgan fingerprint density at radius 1 is 1.00 bits per heavy atom. The van der Waals surface area contributed by atoms with Gasteiger partial charge in [0, 0.05) is 11.5 Å². The van der Waals surface area contributed by atoms with E-state index in [1.165, 1.54) is 0 Å². The normalized spacial score (nSPS) is 10.4. The van der Waals surface area contributed by atoms with E-state index in [2.05, 4.69) is 4.98 Å². The number of nitrogen functional groups attached to an aromatic ring is 1. The number of rotatable bonds is 3. The Morgan fingerprint density at radius 3 is 2.70 bits per heavy atom. The number of benzene rings is 2. The molecule has 3 aromatic rings. The number of ether oxygens (including phenoxy) is 2. The van der Waals surface area contributed by atoms with E-state index in [1.54, 1.807) is 31.5 Å². The number of hydrogen-bond donors (Lipinski definition) is 1. The molecule has 4 heteroatoms. The minimum absolute atomic E-state index is 0.580. The van der Waals surface area contributed by atoms with Crippen LogP contribution in [0.2, 0.25) is 0 Å². The Hall–Kier alpha value is -2.75. The van der Waals surface area contributed by atoms with Gasteiger partial charge in [-0.2, -0.15) is 0 Å². The minimum Gasteiger partial charge on any atom is -0.494 e. The van der Waals surface area contributed by atoms with Crippen LogP contribution in [0.4, 0.5) is 5.69 Å². The largest absolute Gasteiger partial charge is 0.494 e. The van der Waals surface area contributed by atoms with E-state index in [-0.39, 0.29) is 0 Å². The topological polar surface area (TPSA) is 57.4 Å². The number of nitrogens with two attached hydrogens (primary N) is 1. The fourth-order valence-electron chi connectivity index (χ4n) is 2.00. The van der Waals surface area contributed by atoms with E-state index >= 15 is 0 Å². The van der Waals surface area contributed by atoms with Crippen LogP contribution in [0, 0.1) is 0 Å². The molecule has 0 bridgehead atoms. The predicted octanol–water partition coefficient (Wildman–Crippen LogP) is 3.62. The number of pyridine rings is 1. The molecule has 100 valence electrons. The summed E-state index contributed by atoms with van der Waals surface area (Å²) in [6, 6.07) is 15.1. The van der Waals surface area contributed by atoms with Crippen LogP contribution in [0.15, 0.2) is 54.7 Å². The van der Waals surface area contributed by atoms with Crippen LogP contribution in [-0.2, 0) is 0 Å². The summed E-state index contributed by atoms with van der Waals surface area (Å²) in [7, 11) is 1.58. The first-order valence-electron chi connectivity index (χ1n) is 6.22. The molecule has 0 unspecified atom stereocenters. The molecule has 0 aliphatic carbocycles. The van der Waals surface area contributed by atoms with Crippen molar-refractivity contribution in [2.45, 2.75) is 0 Å². The van der Waals surface area contributed by atoms with Gasteiger partial charge in [0.25, 0.3) is 0 Å². The lowest BCUT2D eigenvalue weighted by molar-refractivity contribution is 0.411. The zero-order valence-corrected chi connectivity index (χ0v) is 11.0. The highest BCUT2D eigenvalue weighted by Gasteiger charge is 2.04. The summed E-state index contributed by atoms with van der Waals surface area (Å²) in [6.45, 7) is 0. The molecule has 4 nitrogen and oxygen atoms in total. The van der Waals surface area contributed by atoms with E-state index < -0.39 is 0 Å². The molecule has 3 rings (SSSR count). The van der Waals surface area contributed by atoms with Gasteiger partial charge in [-0.05, 0) is 24.3 Å². The van der Waals surface area contributed by atoms with Crippen LogP contribution in [-0.4, -0.2) is 12.1 Å². The molecule has 0 radical (unpaired) electrons. The summed E-state index contributed by atoms with van der Waals surface area (Å²) in [5.74, 6) is 1.93. The second-order valence-electron chi connectivity index (χ2n) is 4.37. The van der Waals surface area contributed by atoms with Crippen LogP contribution in [0.1, 0.15) is 0 Å². The Morgan fingerprint density at radius 2 is 1.85 bits per heavy atom. The molecule has 20 heavy (non-hydrogen) atoms. The fraction of sp³-hybridized carbons (Fsp3) is 0.0625. The SMILES string of the molecule is COc1cc(Oc2cnc3ccccc3c2)ccc1N. The average molecular weight is 266 g/mol. The first-order chi connectivity index (χ1) is 9.76. The van der Waals surface area contributed by atoms with Crippen molar-refractivity contribution in [1.29, 1.82) is 0 Å². The second kappa shape index (κ2) is 5.09. The van der Waals surface area contributed by atoms with Crippen LogP contribution in [0.5, 0.6) is 17.2 Å². The molecule has 0 saturated carbocycles. The number of para-hydroxylation sites is 1. The molecule has 1 aromatic heterocycles. The summed E-state index contributed by atoms with van der Waals surface area (Å²) >= 11 is 0. The van der Waals surface area contributed by atoms with Crippen LogP contribution >= 0.6 is 0 Å². The van der Waals surface area contributed by atoms with E-state index in [9.17, 15) is 0 Å². The van der Waals surface area contributed by atoms with Gasteiger partial charge >= 0.3 is 0 Å². The Kier molecular flexibility index (Phi) is 3.13. The van der Waals surface area contributed by atoms with Crippen molar-refractivity contribution in [3.8, 4) is 17.2 Å². The van der Waals surface area contributed by atoms with E-state index in [0.29, 0.717) is 22.9 Å². The molecule has 2 aromatic carbocycles. The summed E-state index contributed by atoms with van der Waals surface area (Å²) in [5.41, 5.74) is 7.29. The number of anilines is 1. The van der Waals surface area contributed by atoms with Gasteiger partial charge in [0.2, 0.25) is 0 Å². The van der Waals surface area contributed by atoms with E-state index in [0.717, 1.165) is 10.9 Å². The lowest BCUT2D eigenvalue weighted by Crippen LogP contribution is -1.93. The predicted molar refractivity (Wildman–Crippen MR) is 79.2 cm³/mol. The van der Waals surface area contributed by atoms with Crippen LogP contribution < -0.4 is 15.2 Å². The van der Waals surface area contributed by atoms with Crippen molar-refractivity contribution in [2.75, 3.05) is 12.8 Å². The minimum atomic E-state index is 0.580. The second-order valence-corrected chi connectivity index (χ2v) is 4.37. The van der Waals surface area contributed by atoms with Crippen molar-refractivity contribution in [1.82, 2.24) is 4.98 Å². The molecule has 0 aliphatic rings. The lowest BCUT2D eigenvalue weighted by atomic mass is 10.2. The van der Waals surface area contributed by atoms with Gasteiger partial charge in [-0.1, -0.05) is 18.2 Å². The van der Waals surface area contributed by atoms with Gasteiger partial charge in [0.05, 0.1) is 24.5 Å². The molecule has 1 heterocycles. The summed E-state index contributed by atoms with van der Waals surface area (Å²) in [4.78, 5) is 4.36. The standard InChI is InChI=1S/C16H14N2O2/c1-19-16-9-12(6-7-14(16)17)20-13-8-11-4-2-3-5-15(11)18-10-13/h2-10H,17H2,1H3. The maximum absolute atomic E-state index is 5.79. The molecule has 0 aliphatic heterocycles. The van der Waals surface area contributed by atoms with Crippen molar-refractivity contribution in [2.24, 2.45) is 0 Å². The van der Waals surface area contributed by atoms with Gasteiger partial charge < -0.3 is 15.2 Å². The zero-order valence-electron chi connectivity index (χ0n) is 11.0.